The maximum Gasteiger partial charge on any atom is 0.0766 e. The highest BCUT2D eigenvalue weighted by atomic mass is 35.5. The van der Waals surface area contributed by atoms with Crippen LogP contribution in [0.5, 0.6) is 0 Å². The molecule has 17 heavy (non-hydrogen) atoms. The van der Waals surface area contributed by atoms with E-state index in [9.17, 15) is 5.11 Å². The van der Waals surface area contributed by atoms with Crippen LogP contribution in [0.2, 0.25) is 0 Å². The highest BCUT2D eigenvalue weighted by Crippen LogP contribution is 2.13. The summed E-state index contributed by atoms with van der Waals surface area (Å²) in [4.78, 5) is 4.23. The summed E-state index contributed by atoms with van der Waals surface area (Å²) in [6.45, 7) is 7.43. The lowest BCUT2D eigenvalue weighted by Crippen LogP contribution is -2.39. The molecule has 0 aliphatic rings. The minimum absolute atomic E-state index is 0. The molecular formula is C13H23ClN2O. The molecule has 0 atom stereocenters. The molecule has 1 rings (SSSR count). The summed E-state index contributed by atoms with van der Waals surface area (Å²) < 4.78 is 0. The Bertz CT molecular complexity index is 327. The van der Waals surface area contributed by atoms with Crippen LogP contribution in [0.15, 0.2) is 18.3 Å². The number of pyridine rings is 1. The third kappa shape index (κ3) is 5.02. The number of aliphatic hydroxyl groups is 1. The smallest absolute Gasteiger partial charge is 0.0766 e. The summed E-state index contributed by atoms with van der Waals surface area (Å²) in [5.41, 5.74) is 1.67. The van der Waals surface area contributed by atoms with E-state index < -0.39 is 5.60 Å². The number of halogens is 1. The normalized spacial score (nSPS) is 11.1. The lowest BCUT2D eigenvalue weighted by atomic mass is 9.97. The molecule has 0 saturated heterocycles. The molecule has 1 aromatic rings. The van der Waals surface area contributed by atoms with Gasteiger partial charge in [0.05, 0.1) is 5.60 Å². The van der Waals surface area contributed by atoms with E-state index in [0.717, 1.165) is 25.1 Å². The summed E-state index contributed by atoms with van der Waals surface area (Å²) >= 11 is 0. The van der Waals surface area contributed by atoms with E-state index in [0.29, 0.717) is 6.54 Å². The molecule has 0 saturated carbocycles. The average molecular weight is 259 g/mol. The highest BCUT2D eigenvalue weighted by molar-refractivity contribution is 5.85. The lowest BCUT2D eigenvalue weighted by Gasteiger charge is -2.25. The number of hydrogen-bond donors (Lipinski definition) is 2. The third-order valence-electron chi connectivity index (χ3n) is 3.20. The topological polar surface area (TPSA) is 45.1 Å². The van der Waals surface area contributed by atoms with E-state index >= 15 is 0 Å². The summed E-state index contributed by atoms with van der Waals surface area (Å²) in [7, 11) is 0. The Morgan fingerprint density at radius 2 is 2.00 bits per heavy atom. The van der Waals surface area contributed by atoms with Gasteiger partial charge in [-0.15, -0.1) is 12.4 Å². The van der Waals surface area contributed by atoms with Gasteiger partial charge in [-0.3, -0.25) is 4.98 Å². The van der Waals surface area contributed by atoms with Crippen molar-refractivity contribution >= 4 is 12.4 Å². The standard InChI is InChI=1S/C13H22N2O.ClH/c1-4-13(16,5-2)10-14-9-12-7-6-8-15-11(12)3;/h6-8,14,16H,4-5,9-10H2,1-3H3;1H. The minimum atomic E-state index is -0.573. The largest absolute Gasteiger partial charge is 0.389 e. The summed E-state index contributed by atoms with van der Waals surface area (Å²) in [5.74, 6) is 0. The minimum Gasteiger partial charge on any atom is -0.389 e. The van der Waals surface area contributed by atoms with Crippen molar-refractivity contribution in [1.82, 2.24) is 10.3 Å². The van der Waals surface area contributed by atoms with Crippen molar-refractivity contribution in [3.8, 4) is 0 Å². The molecule has 0 aliphatic carbocycles. The van der Waals surface area contributed by atoms with Crippen LogP contribution in [0.3, 0.4) is 0 Å². The van der Waals surface area contributed by atoms with Gasteiger partial charge in [0.15, 0.2) is 0 Å². The maximum atomic E-state index is 10.1. The van der Waals surface area contributed by atoms with Crippen LogP contribution >= 0.6 is 12.4 Å². The van der Waals surface area contributed by atoms with Crippen molar-refractivity contribution in [2.75, 3.05) is 6.54 Å². The van der Waals surface area contributed by atoms with Crippen LogP contribution in [0.25, 0.3) is 0 Å². The molecule has 4 heteroatoms. The zero-order valence-corrected chi connectivity index (χ0v) is 11.7. The van der Waals surface area contributed by atoms with Crippen LogP contribution < -0.4 is 5.32 Å². The Kier molecular flexibility index (Phi) is 7.35. The van der Waals surface area contributed by atoms with Crippen molar-refractivity contribution in [3.05, 3.63) is 29.6 Å². The van der Waals surface area contributed by atoms with E-state index in [2.05, 4.69) is 16.4 Å². The summed E-state index contributed by atoms with van der Waals surface area (Å²) in [6.07, 6.45) is 3.36. The highest BCUT2D eigenvalue weighted by Gasteiger charge is 2.21. The Hall–Kier alpha value is -0.640. The predicted molar refractivity (Wildman–Crippen MR) is 73.5 cm³/mol. The van der Waals surface area contributed by atoms with Gasteiger partial charge in [0.25, 0.3) is 0 Å². The Balaban J connectivity index is 0.00000256. The Morgan fingerprint density at radius 3 is 2.53 bits per heavy atom. The van der Waals surface area contributed by atoms with Gasteiger partial charge >= 0.3 is 0 Å². The molecule has 0 amide bonds. The number of aromatic nitrogens is 1. The molecule has 0 aromatic carbocycles. The van der Waals surface area contributed by atoms with E-state index in [-0.39, 0.29) is 12.4 Å². The fourth-order valence-corrected chi connectivity index (χ4v) is 1.63. The first-order chi connectivity index (χ1) is 7.61. The van der Waals surface area contributed by atoms with Crippen LogP contribution in [0, 0.1) is 6.92 Å². The summed E-state index contributed by atoms with van der Waals surface area (Å²) in [5, 5.41) is 13.4. The molecule has 0 unspecified atom stereocenters. The van der Waals surface area contributed by atoms with Crippen molar-refractivity contribution in [3.63, 3.8) is 0 Å². The lowest BCUT2D eigenvalue weighted by molar-refractivity contribution is 0.0323. The van der Waals surface area contributed by atoms with Crippen molar-refractivity contribution in [2.45, 2.75) is 45.8 Å². The average Bonchev–Trinajstić information content (AvgIpc) is 2.31. The molecule has 3 nitrogen and oxygen atoms in total. The molecule has 0 aliphatic heterocycles. The second-order valence-corrected chi connectivity index (χ2v) is 4.28. The second kappa shape index (κ2) is 7.64. The van der Waals surface area contributed by atoms with Gasteiger partial charge in [-0.25, -0.2) is 0 Å². The van der Waals surface area contributed by atoms with E-state index in [4.69, 9.17) is 0 Å². The van der Waals surface area contributed by atoms with Gasteiger partial charge in [0.1, 0.15) is 0 Å². The first-order valence-electron chi connectivity index (χ1n) is 5.95. The number of nitrogens with zero attached hydrogens (tertiary/aromatic N) is 1. The van der Waals surface area contributed by atoms with Crippen LogP contribution in [0.4, 0.5) is 0 Å². The van der Waals surface area contributed by atoms with Gasteiger partial charge in [-0.1, -0.05) is 19.9 Å². The Morgan fingerprint density at radius 1 is 1.35 bits per heavy atom. The molecular weight excluding hydrogens is 236 g/mol. The first kappa shape index (κ1) is 16.4. The van der Waals surface area contributed by atoms with Crippen molar-refractivity contribution < 1.29 is 5.11 Å². The number of hydrogen-bond acceptors (Lipinski definition) is 3. The van der Waals surface area contributed by atoms with Gasteiger partial charge in [-0.2, -0.15) is 0 Å². The quantitative estimate of drug-likeness (QED) is 0.824. The molecule has 0 fully saturated rings. The fourth-order valence-electron chi connectivity index (χ4n) is 1.63. The summed E-state index contributed by atoms with van der Waals surface area (Å²) in [6, 6.07) is 4.00. The second-order valence-electron chi connectivity index (χ2n) is 4.28. The number of rotatable bonds is 6. The first-order valence-corrected chi connectivity index (χ1v) is 5.95. The predicted octanol–water partition coefficient (Wildman–Crippen LogP) is 2.45. The van der Waals surface area contributed by atoms with Gasteiger partial charge < -0.3 is 10.4 Å². The zero-order chi connectivity index (χ0) is 12.0. The number of aryl methyl sites for hydroxylation is 1. The Labute approximate surface area is 110 Å². The van der Waals surface area contributed by atoms with Crippen LogP contribution in [0.1, 0.15) is 37.9 Å². The fraction of sp³-hybridized carbons (Fsp3) is 0.615. The zero-order valence-electron chi connectivity index (χ0n) is 10.9. The molecule has 1 aromatic heterocycles. The molecule has 0 radical (unpaired) electrons. The molecule has 98 valence electrons. The van der Waals surface area contributed by atoms with Gasteiger partial charge in [-0.05, 0) is 31.4 Å². The van der Waals surface area contributed by atoms with Crippen LogP contribution in [-0.2, 0) is 6.54 Å². The molecule has 2 N–H and O–H groups in total. The third-order valence-corrected chi connectivity index (χ3v) is 3.20. The molecule has 0 bridgehead atoms. The monoisotopic (exact) mass is 258 g/mol. The van der Waals surface area contributed by atoms with Gasteiger partial charge in [0.2, 0.25) is 0 Å². The van der Waals surface area contributed by atoms with Crippen LogP contribution in [-0.4, -0.2) is 22.2 Å². The van der Waals surface area contributed by atoms with E-state index in [1.165, 1.54) is 5.56 Å². The molecule has 1 heterocycles. The molecule has 0 spiro atoms. The van der Waals surface area contributed by atoms with E-state index in [1.54, 1.807) is 6.20 Å². The van der Waals surface area contributed by atoms with Gasteiger partial charge in [0, 0.05) is 25.0 Å². The number of nitrogens with one attached hydrogen (secondary N) is 1. The van der Waals surface area contributed by atoms with Crippen molar-refractivity contribution in [1.29, 1.82) is 0 Å². The van der Waals surface area contributed by atoms with Crippen molar-refractivity contribution in [2.24, 2.45) is 0 Å². The maximum absolute atomic E-state index is 10.1. The SMILES string of the molecule is CCC(O)(CC)CNCc1cccnc1C.Cl. The van der Waals surface area contributed by atoms with E-state index in [1.807, 2.05) is 26.8 Å².